The first kappa shape index (κ1) is 19.0. The summed E-state index contributed by atoms with van der Waals surface area (Å²) in [5.41, 5.74) is 7.83. The van der Waals surface area contributed by atoms with Gasteiger partial charge < -0.3 is 11.1 Å². The summed E-state index contributed by atoms with van der Waals surface area (Å²) < 4.78 is 0. The predicted octanol–water partition coefficient (Wildman–Crippen LogP) is 1.63. The van der Waals surface area contributed by atoms with E-state index in [2.05, 4.69) is 10.3 Å². The molecule has 1 rings (SSSR count). The van der Waals surface area contributed by atoms with Crippen LogP contribution in [-0.4, -0.2) is 24.0 Å². The molecule has 100 valence electrons. The summed E-state index contributed by atoms with van der Waals surface area (Å²) in [5.74, 6) is 0.000213. The summed E-state index contributed by atoms with van der Waals surface area (Å²) in [6.07, 6.45) is 0.774. The highest BCUT2D eigenvalue weighted by molar-refractivity contribution is 7.07. The molecule has 0 radical (unpaired) electrons. The Morgan fingerprint density at radius 3 is 2.65 bits per heavy atom. The van der Waals surface area contributed by atoms with E-state index >= 15 is 0 Å². The third-order valence-electron chi connectivity index (χ3n) is 2.28. The van der Waals surface area contributed by atoms with Crippen molar-refractivity contribution in [2.75, 3.05) is 13.1 Å². The van der Waals surface area contributed by atoms with E-state index in [-0.39, 0.29) is 30.7 Å². The molecular weight excluding hydrogens is 281 g/mol. The topological polar surface area (TPSA) is 68.0 Å². The molecule has 1 aromatic rings. The van der Waals surface area contributed by atoms with Crippen molar-refractivity contribution >= 4 is 42.1 Å². The van der Waals surface area contributed by atoms with Crippen molar-refractivity contribution in [1.29, 1.82) is 0 Å². The van der Waals surface area contributed by atoms with E-state index < -0.39 is 5.41 Å². The Hall–Kier alpha value is -0.360. The van der Waals surface area contributed by atoms with Gasteiger partial charge in [0.1, 0.15) is 0 Å². The smallest absolute Gasteiger partial charge is 0.226 e. The van der Waals surface area contributed by atoms with Crippen LogP contribution in [0.3, 0.4) is 0 Å². The summed E-state index contributed by atoms with van der Waals surface area (Å²) in [6, 6.07) is 0. The molecule has 0 aliphatic rings. The monoisotopic (exact) mass is 299 g/mol. The van der Waals surface area contributed by atoms with E-state index in [9.17, 15) is 4.79 Å². The van der Waals surface area contributed by atoms with E-state index in [4.69, 9.17) is 5.73 Å². The maximum absolute atomic E-state index is 11.6. The second-order valence-corrected chi connectivity index (χ2v) is 4.79. The third kappa shape index (κ3) is 6.21. The number of hydrogen-bond donors (Lipinski definition) is 2. The van der Waals surface area contributed by atoms with Crippen LogP contribution in [0.25, 0.3) is 0 Å². The lowest BCUT2D eigenvalue weighted by Gasteiger charge is -2.20. The van der Waals surface area contributed by atoms with Crippen molar-refractivity contribution in [2.24, 2.45) is 11.1 Å². The number of aromatic nitrogens is 1. The van der Waals surface area contributed by atoms with Crippen LogP contribution in [-0.2, 0) is 11.2 Å². The fourth-order valence-electron chi connectivity index (χ4n) is 0.997. The van der Waals surface area contributed by atoms with Gasteiger partial charge in [0, 0.05) is 24.9 Å². The molecule has 7 heteroatoms. The van der Waals surface area contributed by atoms with Gasteiger partial charge in [0.2, 0.25) is 5.91 Å². The van der Waals surface area contributed by atoms with Gasteiger partial charge >= 0.3 is 0 Å². The molecule has 0 aromatic carbocycles. The molecule has 1 amide bonds. The van der Waals surface area contributed by atoms with Crippen molar-refractivity contribution in [3.63, 3.8) is 0 Å². The molecule has 0 saturated heterocycles. The molecule has 1 aromatic heterocycles. The number of halogens is 2. The average Bonchev–Trinajstić information content (AvgIpc) is 2.70. The Morgan fingerprint density at radius 1 is 1.53 bits per heavy atom. The standard InChI is InChI=1S/C10H17N3OS.2ClH/c1-10(2,6-11)9(14)12-4-3-8-5-15-7-13-8;;/h5,7H,3-4,6,11H2,1-2H3,(H,12,14);2*1H. The van der Waals surface area contributed by atoms with Crippen molar-refractivity contribution in [1.82, 2.24) is 10.3 Å². The number of carbonyl (C=O) groups excluding carboxylic acids is 1. The van der Waals surface area contributed by atoms with Crippen molar-refractivity contribution in [3.05, 3.63) is 16.6 Å². The average molecular weight is 300 g/mol. The lowest BCUT2D eigenvalue weighted by molar-refractivity contribution is -0.128. The summed E-state index contributed by atoms with van der Waals surface area (Å²) >= 11 is 1.56. The van der Waals surface area contributed by atoms with Gasteiger partial charge in [0.15, 0.2) is 0 Å². The highest BCUT2D eigenvalue weighted by Gasteiger charge is 2.24. The van der Waals surface area contributed by atoms with Gasteiger partial charge in [0.25, 0.3) is 0 Å². The molecule has 1 heterocycles. The van der Waals surface area contributed by atoms with Crippen molar-refractivity contribution in [2.45, 2.75) is 20.3 Å². The molecule has 0 unspecified atom stereocenters. The molecule has 0 aliphatic heterocycles. The van der Waals surface area contributed by atoms with Gasteiger partial charge in [-0.05, 0) is 13.8 Å². The molecule has 0 atom stereocenters. The third-order valence-corrected chi connectivity index (χ3v) is 2.91. The zero-order chi connectivity index (χ0) is 11.3. The number of carbonyl (C=O) groups is 1. The number of rotatable bonds is 5. The normalized spacial score (nSPS) is 10.1. The Balaban J connectivity index is 0. The fourth-order valence-corrected chi connectivity index (χ4v) is 1.59. The van der Waals surface area contributed by atoms with Crippen LogP contribution < -0.4 is 11.1 Å². The number of nitrogens with zero attached hydrogens (tertiary/aromatic N) is 1. The molecule has 0 fully saturated rings. The second-order valence-electron chi connectivity index (χ2n) is 4.07. The van der Waals surface area contributed by atoms with Crippen LogP contribution in [0.4, 0.5) is 0 Å². The number of hydrogen-bond acceptors (Lipinski definition) is 4. The maximum atomic E-state index is 11.6. The summed E-state index contributed by atoms with van der Waals surface area (Å²) in [6.45, 7) is 4.65. The lowest BCUT2D eigenvalue weighted by Crippen LogP contribution is -2.42. The van der Waals surface area contributed by atoms with Crippen LogP contribution in [0.15, 0.2) is 10.9 Å². The minimum Gasteiger partial charge on any atom is -0.355 e. The Bertz CT molecular complexity index is 317. The first-order chi connectivity index (χ1) is 7.06. The summed E-state index contributed by atoms with van der Waals surface area (Å²) in [5, 5.41) is 4.84. The Labute approximate surface area is 118 Å². The zero-order valence-corrected chi connectivity index (χ0v) is 12.4. The molecule has 0 aliphatic carbocycles. The highest BCUT2D eigenvalue weighted by atomic mass is 35.5. The molecule has 4 nitrogen and oxygen atoms in total. The zero-order valence-electron chi connectivity index (χ0n) is 9.93. The largest absolute Gasteiger partial charge is 0.355 e. The van der Waals surface area contributed by atoms with E-state index in [1.165, 1.54) is 0 Å². The molecule has 0 bridgehead atoms. The molecule has 17 heavy (non-hydrogen) atoms. The van der Waals surface area contributed by atoms with E-state index in [1.807, 2.05) is 19.2 Å². The predicted molar refractivity (Wildman–Crippen MR) is 76.2 cm³/mol. The number of thiazole rings is 1. The Morgan fingerprint density at radius 2 is 2.18 bits per heavy atom. The van der Waals surface area contributed by atoms with Crippen LogP contribution in [0, 0.1) is 5.41 Å². The van der Waals surface area contributed by atoms with E-state index in [0.717, 1.165) is 12.1 Å². The summed E-state index contributed by atoms with van der Waals surface area (Å²) in [7, 11) is 0. The second kappa shape index (κ2) is 8.69. The minimum absolute atomic E-state index is 0. The molecule has 3 N–H and O–H groups in total. The molecule has 0 spiro atoms. The van der Waals surface area contributed by atoms with Gasteiger partial charge in [-0.2, -0.15) is 0 Å². The number of nitrogens with two attached hydrogens (primary N) is 1. The van der Waals surface area contributed by atoms with Crippen molar-refractivity contribution < 1.29 is 4.79 Å². The van der Waals surface area contributed by atoms with Crippen LogP contribution in [0.5, 0.6) is 0 Å². The number of nitrogens with one attached hydrogen (secondary N) is 1. The van der Waals surface area contributed by atoms with Crippen LogP contribution in [0.1, 0.15) is 19.5 Å². The molecular formula is C10H19Cl2N3OS. The highest BCUT2D eigenvalue weighted by Crippen LogP contribution is 2.11. The van der Waals surface area contributed by atoms with Crippen molar-refractivity contribution in [3.8, 4) is 0 Å². The van der Waals surface area contributed by atoms with E-state index in [0.29, 0.717) is 13.1 Å². The molecule has 0 saturated carbocycles. The lowest BCUT2D eigenvalue weighted by atomic mass is 9.93. The minimum atomic E-state index is -0.484. The maximum Gasteiger partial charge on any atom is 0.226 e. The van der Waals surface area contributed by atoms with Gasteiger partial charge in [0.05, 0.1) is 16.6 Å². The fraction of sp³-hybridized carbons (Fsp3) is 0.600. The van der Waals surface area contributed by atoms with Crippen LogP contribution in [0.2, 0.25) is 0 Å². The SMILES string of the molecule is CC(C)(CN)C(=O)NCCc1cscn1.Cl.Cl. The van der Waals surface area contributed by atoms with Gasteiger partial charge in [-0.15, -0.1) is 36.2 Å². The summed E-state index contributed by atoms with van der Waals surface area (Å²) in [4.78, 5) is 15.8. The van der Waals surface area contributed by atoms with Gasteiger partial charge in [-0.3, -0.25) is 4.79 Å². The number of amides is 1. The first-order valence-corrected chi connectivity index (χ1v) is 5.86. The Kier molecular flexibility index (Phi) is 9.71. The first-order valence-electron chi connectivity index (χ1n) is 4.91. The van der Waals surface area contributed by atoms with E-state index in [1.54, 1.807) is 16.8 Å². The van der Waals surface area contributed by atoms with Gasteiger partial charge in [-0.1, -0.05) is 0 Å². The van der Waals surface area contributed by atoms with Gasteiger partial charge in [-0.25, -0.2) is 4.98 Å². The quantitative estimate of drug-likeness (QED) is 0.868. The van der Waals surface area contributed by atoms with Crippen LogP contribution >= 0.6 is 36.2 Å².